The monoisotopic (exact) mass is 270 g/mol. The Morgan fingerprint density at radius 1 is 1.05 bits per heavy atom. The van der Waals surface area contributed by atoms with Gasteiger partial charge in [0.25, 0.3) is 0 Å². The summed E-state index contributed by atoms with van der Waals surface area (Å²) in [7, 11) is 0. The number of hydrogen-bond donors (Lipinski definition) is 1. The average Bonchev–Trinajstić information content (AvgIpc) is 2.45. The van der Waals surface area contributed by atoms with Gasteiger partial charge in [0, 0.05) is 12.4 Å². The van der Waals surface area contributed by atoms with Gasteiger partial charge in [-0.3, -0.25) is 4.98 Å². The molecule has 2 nitrogen and oxygen atoms in total. The van der Waals surface area contributed by atoms with Gasteiger partial charge in [-0.2, -0.15) is 0 Å². The van der Waals surface area contributed by atoms with Crippen LogP contribution in [-0.4, -0.2) is 11.5 Å². The molecule has 2 N–H and O–H groups in total. The van der Waals surface area contributed by atoms with Gasteiger partial charge in [0.15, 0.2) is 0 Å². The zero-order chi connectivity index (χ0) is 13.5. The van der Waals surface area contributed by atoms with Gasteiger partial charge in [0.2, 0.25) is 0 Å². The summed E-state index contributed by atoms with van der Waals surface area (Å²) in [4.78, 5) is 4.45. The molecule has 0 radical (unpaired) electrons. The van der Waals surface area contributed by atoms with Crippen molar-refractivity contribution < 1.29 is 0 Å². The Kier molecular flexibility index (Phi) is 3.30. The van der Waals surface area contributed by atoms with Crippen molar-refractivity contribution in [3.63, 3.8) is 0 Å². The second kappa shape index (κ2) is 5.14. The number of aryl methyl sites for hydroxylation is 1. The number of nitrogens with zero attached hydrogens (tertiary/aromatic N) is 1. The Morgan fingerprint density at radius 2 is 1.75 bits per heavy atom. The van der Waals surface area contributed by atoms with E-state index in [0.717, 1.165) is 49.0 Å². The first-order valence-corrected chi connectivity index (χ1v) is 8.48. The normalized spacial score (nSPS) is 38.4. The lowest BCUT2D eigenvalue weighted by Crippen LogP contribution is -2.44. The molecular weight excluding hydrogens is 244 g/mol. The van der Waals surface area contributed by atoms with Crippen LogP contribution in [0.1, 0.15) is 55.6 Å². The predicted octanol–water partition coefficient (Wildman–Crippen LogP) is 3.51. The lowest BCUT2D eigenvalue weighted by atomic mass is 9.50. The molecule has 1 heterocycles. The van der Waals surface area contributed by atoms with Gasteiger partial charge in [0.1, 0.15) is 0 Å². The van der Waals surface area contributed by atoms with Crippen molar-refractivity contribution in [1.82, 2.24) is 4.98 Å². The molecule has 4 aliphatic carbocycles. The van der Waals surface area contributed by atoms with Gasteiger partial charge in [0.05, 0.1) is 0 Å². The van der Waals surface area contributed by atoms with Crippen molar-refractivity contribution in [2.75, 3.05) is 6.54 Å². The smallest absolute Gasteiger partial charge is 0.0305 e. The van der Waals surface area contributed by atoms with Gasteiger partial charge in [-0.1, -0.05) is 0 Å². The summed E-state index contributed by atoms with van der Waals surface area (Å²) in [6, 6.07) is 2.25. The van der Waals surface area contributed by atoms with Crippen LogP contribution in [0.3, 0.4) is 0 Å². The van der Waals surface area contributed by atoms with E-state index in [9.17, 15) is 0 Å². The molecule has 108 valence electrons. The highest BCUT2D eigenvalue weighted by Crippen LogP contribution is 2.60. The van der Waals surface area contributed by atoms with E-state index in [0.29, 0.717) is 0 Å². The second-order valence-corrected chi connectivity index (χ2v) is 7.42. The van der Waals surface area contributed by atoms with Crippen molar-refractivity contribution in [3.8, 4) is 0 Å². The quantitative estimate of drug-likeness (QED) is 0.909. The van der Waals surface area contributed by atoms with Gasteiger partial charge < -0.3 is 5.73 Å². The first kappa shape index (κ1) is 12.8. The van der Waals surface area contributed by atoms with E-state index >= 15 is 0 Å². The van der Waals surface area contributed by atoms with Crippen molar-refractivity contribution in [3.05, 3.63) is 29.6 Å². The van der Waals surface area contributed by atoms with E-state index in [1.165, 1.54) is 37.7 Å². The van der Waals surface area contributed by atoms with Gasteiger partial charge >= 0.3 is 0 Å². The topological polar surface area (TPSA) is 38.9 Å². The van der Waals surface area contributed by atoms with Crippen LogP contribution in [0, 0.1) is 23.7 Å². The molecule has 2 heteroatoms. The van der Waals surface area contributed by atoms with Crippen molar-refractivity contribution >= 4 is 0 Å². The van der Waals surface area contributed by atoms with Crippen LogP contribution < -0.4 is 5.73 Å². The molecule has 0 atom stereocenters. The Balaban J connectivity index is 1.64. The minimum absolute atomic E-state index is 0.795. The third kappa shape index (κ3) is 2.09. The maximum Gasteiger partial charge on any atom is 0.0305 e. The minimum atomic E-state index is 0.795. The molecule has 0 spiro atoms. The number of nitrogens with two attached hydrogens (primary N) is 1. The molecule has 0 aliphatic heterocycles. The molecule has 5 rings (SSSR count). The third-order valence-electron chi connectivity index (χ3n) is 6.18. The number of hydrogen-bond acceptors (Lipinski definition) is 2. The van der Waals surface area contributed by atoms with Crippen LogP contribution in [-0.2, 0) is 6.42 Å². The van der Waals surface area contributed by atoms with Crippen molar-refractivity contribution in [2.24, 2.45) is 29.4 Å². The fourth-order valence-corrected chi connectivity index (χ4v) is 5.69. The van der Waals surface area contributed by atoms with Crippen LogP contribution in [0.5, 0.6) is 0 Å². The third-order valence-corrected chi connectivity index (χ3v) is 6.18. The Hall–Kier alpha value is -0.890. The summed E-state index contributed by atoms with van der Waals surface area (Å²) in [5, 5.41) is 0. The largest absolute Gasteiger partial charge is 0.330 e. The zero-order valence-corrected chi connectivity index (χ0v) is 12.3. The van der Waals surface area contributed by atoms with Crippen LogP contribution in [0.2, 0.25) is 0 Å². The second-order valence-electron chi connectivity index (χ2n) is 7.42. The summed E-state index contributed by atoms with van der Waals surface area (Å²) in [5.41, 5.74) is 8.81. The molecule has 0 amide bonds. The number of aromatic nitrogens is 1. The van der Waals surface area contributed by atoms with E-state index < -0.39 is 0 Å². The Bertz CT molecular complexity index is 454. The van der Waals surface area contributed by atoms with Crippen molar-refractivity contribution in [1.29, 1.82) is 0 Å². The molecule has 0 aromatic carbocycles. The van der Waals surface area contributed by atoms with E-state index in [-0.39, 0.29) is 0 Å². The van der Waals surface area contributed by atoms with Gasteiger partial charge in [-0.25, -0.2) is 0 Å². The van der Waals surface area contributed by atoms with E-state index in [1.54, 1.807) is 5.56 Å². The predicted molar refractivity (Wildman–Crippen MR) is 81.4 cm³/mol. The number of rotatable bonds is 4. The fraction of sp³-hybridized carbons (Fsp3) is 0.722. The highest BCUT2D eigenvalue weighted by molar-refractivity contribution is 5.30. The summed E-state index contributed by atoms with van der Waals surface area (Å²) < 4.78 is 0. The Morgan fingerprint density at radius 3 is 2.40 bits per heavy atom. The first-order chi connectivity index (χ1) is 9.85. The summed E-state index contributed by atoms with van der Waals surface area (Å²) in [5.74, 6) is 4.82. The molecule has 1 aromatic heterocycles. The molecular formula is C18H26N2. The molecule has 0 unspecified atom stereocenters. The van der Waals surface area contributed by atoms with Crippen LogP contribution >= 0.6 is 0 Å². The van der Waals surface area contributed by atoms with Crippen molar-refractivity contribution in [2.45, 2.75) is 50.9 Å². The molecule has 4 fully saturated rings. The van der Waals surface area contributed by atoms with E-state index in [4.69, 9.17) is 5.73 Å². The maximum atomic E-state index is 5.71. The highest BCUT2D eigenvalue weighted by atomic mass is 14.6. The SMILES string of the molecule is NCCCc1ccncc1C1C2CC3CC(C2)CC1C3. The molecule has 20 heavy (non-hydrogen) atoms. The first-order valence-electron chi connectivity index (χ1n) is 8.48. The minimum Gasteiger partial charge on any atom is -0.330 e. The van der Waals surface area contributed by atoms with Crippen LogP contribution in [0.4, 0.5) is 0 Å². The summed E-state index contributed by atoms with van der Waals surface area (Å²) in [6.45, 7) is 0.795. The van der Waals surface area contributed by atoms with Gasteiger partial charge in [-0.15, -0.1) is 0 Å². The standard InChI is InChI=1S/C18H26N2/c19-4-1-2-14-3-5-20-11-17(14)18-15-7-12-6-13(9-15)10-16(18)8-12/h3,5,11-13,15-16,18H,1-2,4,6-10,19H2. The van der Waals surface area contributed by atoms with E-state index in [1.807, 2.05) is 6.20 Å². The molecule has 4 saturated carbocycles. The van der Waals surface area contributed by atoms with Gasteiger partial charge in [-0.05, 0) is 98.3 Å². The summed E-state index contributed by atoms with van der Waals surface area (Å²) >= 11 is 0. The molecule has 4 aliphatic rings. The Labute approximate surface area is 122 Å². The van der Waals surface area contributed by atoms with Crippen LogP contribution in [0.15, 0.2) is 18.5 Å². The molecule has 1 aromatic rings. The average molecular weight is 270 g/mol. The number of pyridine rings is 1. The van der Waals surface area contributed by atoms with Crippen LogP contribution in [0.25, 0.3) is 0 Å². The van der Waals surface area contributed by atoms with E-state index in [2.05, 4.69) is 17.2 Å². The fourth-order valence-electron chi connectivity index (χ4n) is 5.69. The molecule has 0 saturated heterocycles. The molecule has 4 bridgehead atoms. The summed E-state index contributed by atoms with van der Waals surface area (Å²) in [6.07, 6.45) is 13.9. The zero-order valence-electron chi connectivity index (χ0n) is 12.3. The lowest BCUT2D eigenvalue weighted by Gasteiger charge is -2.54. The maximum absolute atomic E-state index is 5.71. The lowest BCUT2D eigenvalue weighted by molar-refractivity contribution is -0.00316. The highest BCUT2D eigenvalue weighted by Gasteiger charge is 2.48.